The van der Waals surface area contributed by atoms with Gasteiger partial charge in [-0.15, -0.1) is 12.4 Å². The van der Waals surface area contributed by atoms with Crippen LogP contribution in [0.2, 0.25) is 10.0 Å². The first-order valence-corrected chi connectivity index (χ1v) is 10.4. The van der Waals surface area contributed by atoms with Crippen LogP contribution in [-0.4, -0.2) is 26.9 Å². The van der Waals surface area contributed by atoms with Crippen molar-refractivity contribution in [2.45, 2.75) is 39.3 Å². The lowest BCUT2D eigenvalue weighted by Gasteiger charge is -2.15. The lowest BCUT2D eigenvalue weighted by atomic mass is 10.2. The van der Waals surface area contributed by atoms with Crippen LogP contribution in [0.15, 0.2) is 36.4 Å². The summed E-state index contributed by atoms with van der Waals surface area (Å²) in [6, 6.07) is 11.4. The lowest BCUT2D eigenvalue weighted by Crippen LogP contribution is -2.16. The number of nitrogens with one attached hydrogen (secondary N) is 1. The Bertz CT molecular complexity index is 728. The van der Waals surface area contributed by atoms with E-state index in [2.05, 4.69) is 12.2 Å². The van der Waals surface area contributed by atoms with E-state index in [1.807, 2.05) is 36.4 Å². The van der Waals surface area contributed by atoms with Crippen LogP contribution < -0.4 is 14.8 Å². The van der Waals surface area contributed by atoms with Crippen molar-refractivity contribution >= 4 is 35.6 Å². The minimum Gasteiger partial charge on any atom is -0.493 e. The van der Waals surface area contributed by atoms with Gasteiger partial charge >= 0.3 is 0 Å². The highest BCUT2D eigenvalue weighted by Gasteiger charge is 2.13. The predicted molar refractivity (Wildman–Crippen MR) is 123 cm³/mol. The maximum absolute atomic E-state index is 6.44. The minimum absolute atomic E-state index is 0. The third-order valence-electron chi connectivity index (χ3n) is 4.23. The molecule has 0 amide bonds. The molecule has 0 spiro atoms. The van der Waals surface area contributed by atoms with Crippen LogP contribution >= 0.6 is 35.6 Å². The molecule has 2 aromatic carbocycles. The van der Waals surface area contributed by atoms with Crippen molar-refractivity contribution in [1.29, 1.82) is 0 Å². The maximum atomic E-state index is 6.44. The van der Waals surface area contributed by atoms with Gasteiger partial charge in [-0.2, -0.15) is 0 Å². The van der Waals surface area contributed by atoms with Gasteiger partial charge in [0.15, 0.2) is 11.5 Å². The van der Waals surface area contributed by atoms with Gasteiger partial charge in [-0.25, -0.2) is 0 Å². The fourth-order valence-corrected chi connectivity index (χ4v) is 3.14. The third-order valence-corrected chi connectivity index (χ3v) is 4.88. The molecule has 0 aromatic heterocycles. The molecule has 0 heterocycles. The van der Waals surface area contributed by atoms with E-state index in [0.717, 1.165) is 43.7 Å². The van der Waals surface area contributed by atoms with Crippen LogP contribution in [0.4, 0.5) is 0 Å². The van der Waals surface area contributed by atoms with Gasteiger partial charge in [0.25, 0.3) is 0 Å². The molecule has 0 bridgehead atoms. The van der Waals surface area contributed by atoms with Crippen molar-refractivity contribution < 1.29 is 14.2 Å². The van der Waals surface area contributed by atoms with Gasteiger partial charge in [-0.05, 0) is 43.1 Å². The van der Waals surface area contributed by atoms with E-state index >= 15 is 0 Å². The Morgan fingerprint density at radius 2 is 1.76 bits per heavy atom. The van der Waals surface area contributed by atoms with Crippen molar-refractivity contribution in [3.8, 4) is 11.5 Å². The smallest absolute Gasteiger partial charge is 0.180 e. The summed E-state index contributed by atoms with van der Waals surface area (Å²) in [4.78, 5) is 0. The molecule has 4 nitrogen and oxygen atoms in total. The average Bonchev–Trinajstić information content (AvgIpc) is 2.70. The van der Waals surface area contributed by atoms with E-state index in [-0.39, 0.29) is 12.4 Å². The third kappa shape index (κ3) is 9.02. The number of hydrogen-bond donors (Lipinski definition) is 1. The lowest BCUT2D eigenvalue weighted by molar-refractivity contribution is 0.129. The van der Waals surface area contributed by atoms with Crippen molar-refractivity contribution in [1.82, 2.24) is 5.32 Å². The summed E-state index contributed by atoms with van der Waals surface area (Å²) < 4.78 is 16.9. The summed E-state index contributed by atoms with van der Waals surface area (Å²) >= 11 is 12.6. The second-order valence-electron chi connectivity index (χ2n) is 6.49. The zero-order chi connectivity index (χ0) is 20.2. The number of halogens is 3. The van der Waals surface area contributed by atoms with E-state index < -0.39 is 0 Å². The Hall–Kier alpha value is -1.17. The summed E-state index contributed by atoms with van der Waals surface area (Å²) in [5.74, 6) is 1.14. The zero-order valence-corrected chi connectivity index (χ0v) is 19.3. The Labute approximate surface area is 190 Å². The van der Waals surface area contributed by atoms with Crippen LogP contribution in [-0.2, 0) is 17.9 Å². The van der Waals surface area contributed by atoms with Gasteiger partial charge < -0.3 is 19.5 Å². The van der Waals surface area contributed by atoms with Gasteiger partial charge in [0, 0.05) is 30.3 Å². The summed E-state index contributed by atoms with van der Waals surface area (Å²) in [6.45, 7) is 5.71. The Morgan fingerprint density at radius 3 is 2.48 bits per heavy atom. The molecule has 0 aliphatic rings. The van der Waals surface area contributed by atoms with E-state index in [1.165, 1.54) is 6.42 Å². The van der Waals surface area contributed by atoms with Crippen molar-refractivity contribution in [2.24, 2.45) is 0 Å². The molecule has 0 saturated carbocycles. The molecule has 0 unspecified atom stereocenters. The predicted octanol–water partition coefficient (Wildman–Crippen LogP) is 6.30. The molecule has 0 radical (unpaired) electrons. The minimum atomic E-state index is 0. The summed E-state index contributed by atoms with van der Waals surface area (Å²) in [7, 11) is 1.61. The Kier molecular flexibility index (Phi) is 13.2. The van der Waals surface area contributed by atoms with Crippen LogP contribution in [0.5, 0.6) is 11.5 Å². The summed E-state index contributed by atoms with van der Waals surface area (Å²) in [6.07, 6.45) is 3.27. The first-order valence-electron chi connectivity index (χ1n) is 9.66. The van der Waals surface area contributed by atoms with Crippen LogP contribution in [0.25, 0.3) is 0 Å². The summed E-state index contributed by atoms with van der Waals surface area (Å²) in [5, 5.41) is 4.59. The normalized spacial score (nSPS) is 10.5. The molecule has 7 heteroatoms. The van der Waals surface area contributed by atoms with Gasteiger partial charge in [0.2, 0.25) is 0 Å². The molecule has 2 aromatic rings. The highest BCUT2D eigenvalue weighted by Crippen LogP contribution is 2.37. The molecular formula is C22H30Cl3NO3. The molecule has 29 heavy (non-hydrogen) atoms. The second-order valence-corrected chi connectivity index (χ2v) is 7.30. The second kappa shape index (κ2) is 14.8. The van der Waals surface area contributed by atoms with Gasteiger partial charge in [0.1, 0.15) is 6.61 Å². The molecule has 162 valence electrons. The SMILES string of the molecule is CCCCOCCCNCc1cc(Cl)c(OCc2ccccc2Cl)c(OC)c1.Cl. The molecule has 0 atom stereocenters. The maximum Gasteiger partial charge on any atom is 0.180 e. The zero-order valence-electron chi connectivity index (χ0n) is 17.0. The number of ether oxygens (including phenoxy) is 3. The van der Waals surface area contributed by atoms with Gasteiger partial charge in [-0.3, -0.25) is 0 Å². The molecule has 2 rings (SSSR count). The molecule has 0 saturated heterocycles. The summed E-state index contributed by atoms with van der Waals surface area (Å²) in [5.41, 5.74) is 1.94. The highest BCUT2D eigenvalue weighted by molar-refractivity contribution is 6.32. The number of methoxy groups -OCH3 is 1. The Balaban J connectivity index is 0.00000420. The highest BCUT2D eigenvalue weighted by atomic mass is 35.5. The van der Waals surface area contributed by atoms with Crippen molar-refractivity contribution in [2.75, 3.05) is 26.9 Å². The van der Waals surface area contributed by atoms with Crippen molar-refractivity contribution in [3.05, 3.63) is 57.6 Å². The number of unbranched alkanes of at least 4 members (excludes halogenated alkanes) is 1. The van der Waals surface area contributed by atoms with Gasteiger partial charge in [-0.1, -0.05) is 54.7 Å². The molecule has 0 aliphatic heterocycles. The number of hydrogen-bond acceptors (Lipinski definition) is 4. The topological polar surface area (TPSA) is 39.7 Å². The molecule has 1 N–H and O–H groups in total. The first kappa shape index (κ1) is 25.9. The van der Waals surface area contributed by atoms with E-state index in [9.17, 15) is 0 Å². The fourth-order valence-electron chi connectivity index (χ4n) is 2.66. The van der Waals surface area contributed by atoms with Crippen molar-refractivity contribution in [3.63, 3.8) is 0 Å². The van der Waals surface area contributed by atoms with E-state index in [4.69, 9.17) is 37.4 Å². The Morgan fingerprint density at radius 1 is 1.00 bits per heavy atom. The first-order chi connectivity index (χ1) is 13.7. The van der Waals surface area contributed by atoms with Crippen LogP contribution in [0.3, 0.4) is 0 Å². The monoisotopic (exact) mass is 461 g/mol. The van der Waals surface area contributed by atoms with Gasteiger partial charge in [0.05, 0.1) is 12.1 Å². The van der Waals surface area contributed by atoms with Crippen LogP contribution in [0, 0.1) is 0 Å². The van der Waals surface area contributed by atoms with E-state index in [1.54, 1.807) is 7.11 Å². The molecule has 0 fully saturated rings. The number of benzene rings is 2. The number of rotatable bonds is 13. The fraction of sp³-hybridized carbons (Fsp3) is 0.455. The van der Waals surface area contributed by atoms with E-state index in [0.29, 0.717) is 34.7 Å². The average molecular weight is 463 g/mol. The largest absolute Gasteiger partial charge is 0.493 e. The molecule has 0 aliphatic carbocycles. The standard InChI is InChI=1S/C22H29Cl2NO3.ClH/c1-3-4-11-27-12-7-10-25-15-17-13-20(24)22(21(14-17)26-2)28-16-18-8-5-6-9-19(18)23;/h5-6,8-9,13-14,25H,3-4,7,10-12,15-16H2,1-2H3;1H. The quantitative estimate of drug-likeness (QED) is 0.355. The van der Waals surface area contributed by atoms with Crippen LogP contribution in [0.1, 0.15) is 37.3 Å². The molecular weight excluding hydrogens is 433 g/mol.